The van der Waals surface area contributed by atoms with Crippen molar-refractivity contribution in [2.75, 3.05) is 7.11 Å². The highest BCUT2D eigenvalue weighted by Crippen LogP contribution is 2.27. The van der Waals surface area contributed by atoms with Crippen molar-refractivity contribution in [3.8, 4) is 5.75 Å². The lowest BCUT2D eigenvalue weighted by Gasteiger charge is -2.09. The Morgan fingerprint density at radius 2 is 1.79 bits per heavy atom. The van der Waals surface area contributed by atoms with E-state index in [1.165, 1.54) is 25.5 Å². The number of fused-ring (bicyclic) bond motifs is 1. The Morgan fingerprint density at radius 1 is 1.04 bits per heavy atom. The van der Waals surface area contributed by atoms with Crippen LogP contribution in [0, 0.1) is 0 Å². The van der Waals surface area contributed by atoms with Gasteiger partial charge in [0.2, 0.25) is 0 Å². The quantitative estimate of drug-likeness (QED) is 0.415. The lowest BCUT2D eigenvalue weighted by atomic mass is 10.1. The molecule has 0 N–H and O–H groups in total. The fraction of sp³-hybridized carbons (Fsp3) is 0.0526. The summed E-state index contributed by atoms with van der Waals surface area (Å²) in [6.45, 7) is 0. The first-order chi connectivity index (χ1) is 11.7. The van der Waals surface area contributed by atoms with Crippen molar-refractivity contribution in [2.24, 2.45) is 0 Å². The van der Waals surface area contributed by atoms with Gasteiger partial charge < -0.3 is 13.9 Å². The van der Waals surface area contributed by atoms with Crippen LogP contribution in [0.4, 0.5) is 0 Å². The third kappa shape index (κ3) is 3.35. The van der Waals surface area contributed by atoms with Crippen LogP contribution in [-0.2, 0) is 9.53 Å². The van der Waals surface area contributed by atoms with E-state index in [1.54, 1.807) is 24.3 Å². The molecule has 0 aliphatic heterocycles. The average molecular weight is 322 g/mol. The topological polar surface area (TPSA) is 65.7 Å². The van der Waals surface area contributed by atoms with E-state index < -0.39 is 11.9 Å². The highest BCUT2D eigenvalue weighted by molar-refractivity contribution is 6.00. The van der Waals surface area contributed by atoms with E-state index in [9.17, 15) is 9.59 Å². The van der Waals surface area contributed by atoms with Crippen LogP contribution in [0.5, 0.6) is 5.75 Å². The monoisotopic (exact) mass is 322 g/mol. The van der Waals surface area contributed by atoms with Gasteiger partial charge in [-0.1, -0.05) is 24.3 Å². The third-order valence-corrected chi connectivity index (χ3v) is 3.39. The molecule has 0 aliphatic rings. The summed E-state index contributed by atoms with van der Waals surface area (Å²) in [5, 5.41) is 1.70. The molecule has 5 heteroatoms. The van der Waals surface area contributed by atoms with E-state index in [2.05, 4.69) is 0 Å². The van der Waals surface area contributed by atoms with Gasteiger partial charge in [0.1, 0.15) is 17.1 Å². The van der Waals surface area contributed by atoms with Gasteiger partial charge in [-0.3, -0.25) is 0 Å². The number of hydrogen-bond donors (Lipinski definition) is 0. The molecule has 24 heavy (non-hydrogen) atoms. The minimum Gasteiger partial charge on any atom is -0.465 e. The Kier molecular flexibility index (Phi) is 4.43. The molecule has 0 saturated carbocycles. The molecule has 1 heterocycles. The fourth-order valence-electron chi connectivity index (χ4n) is 2.25. The number of ether oxygens (including phenoxy) is 2. The van der Waals surface area contributed by atoms with E-state index in [0.29, 0.717) is 5.76 Å². The molecule has 0 amide bonds. The Morgan fingerprint density at radius 3 is 2.46 bits per heavy atom. The van der Waals surface area contributed by atoms with Gasteiger partial charge in [-0.25, -0.2) is 9.59 Å². The van der Waals surface area contributed by atoms with Gasteiger partial charge in [-0.2, -0.15) is 0 Å². The second-order valence-electron chi connectivity index (χ2n) is 4.96. The number of carbonyl (C=O) groups is 2. The van der Waals surface area contributed by atoms with E-state index in [-0.39, 0.29) is 11.3 Å². The van der Waals surface area contributed by atoms with Crippen LogP contribution in [0.3, 0.4) is 0 Å². The number of esters is 2. The molecule has 0 radical (unpaired) electrons. The first-order valence-electron chi connectivity index (χ1n) is 7.22. The van der Waals surface area contributed by atoms with E-state index in [0.717, 1.165) is 10.8 Å². The van der Waals surface area contributed by atoms with Crippen molar-refractivity contribution < 1.29 is 23.5 Å². The third-order valence-electron chi connectivity index (χ3n) is 3.39. The van der Waals surface area contributed by atoms with Gasteiger partial charge in [-0.05, 0) is 41.1 Å². The molecular weight excluding hydrogens is 308 g/mol. The minimum atomic E-state index is -0.619. The summed E-state index contributed by atoms with van der Waals surface area (Å²) in [5.74, 6) is -0.515. The predicted molar refractivity (Wildman–Crippen MR) is 88.7 cm³/mol. The highest BCUT2D eigenvalue weighted by Gasteiger charge is 2.16. The fourth-order valence-corrected chi connectivity index (χ4v) is 2.25. The van der Waals surface area contributed by atoms with Gasteiger partial charge >= 0.3 is 11.9 Å². The van der Waals surface area contributed by atoms with Gasteiger partial charge in [0, 0.05) is 6.08 Å². The number of methoxy groups -OCH3 is 1. The van der Waals surface area contributed by atoms with Crippen LogP contribution in [-0.4, -0.2) is 19.0 Å². The first-order valence-corrected chi connectivity index (χ1v) is 7.22. The van der Waals surface area contributed by atoms with Crippen molar-refractivity contribution >= 4 is 28.8 Å². The molecule has 0 unspecified atom stereocenters. The predicted octanol–water partition coefficient (Wildman–Crippen LogP) is 3.84. The normalized spacial score (nSPS) is 10.9. The van der Waals surface area contributed by atoms with E-state index in [4.69, 9.17) is 13.9 Å². The molecular formula is C19H14O5. The molecule has 3 rings (SSSR count). The number of rotatable bonds is 4. The van der Waals surface area contributed by atoms with Crippen molar-refractivity contribution in [1.82, 2.24) is 0 Å². The Hall–Kier alpha value is -3.34. The van der Waals surface area contributed by atoms with Crippen LogP contribution in [0.15, 0.2) is 65.3 Å². The van der Waals surface area contributed by atoms with Crippen LogP contribution in [0.25, 0.3) is 16.8 Å². The maximum absolute atomic E-state index is 12.0. The highest BCUT2D eigenvalue weighted by atomic mass is 16.5. The van der Waals surface area contributed by atoms with Gasteiger partial charge in [0.25, 0.3) is 0 Å². The summed E-state index contributed by atoms with van der Waals surface area (Å²) >= 11 is 0. The van der Waals surface area contributed by atoms with Gasteiger partial charge in [0.15, 0.2) is 0 Å². The zero-order chi connectivity index (χ0) is 16.9. The lowest BCUT2D eigenvalue weighted by Crippen LogP contribution is -2.10. The molecule has 0 saturated heterocycles. The van der Waals surface area contributed by atoms with Gasteiger partial charge in [-0.15, -0.1) is 0 Å². The molecule has 5 nitrogen and oxygen atoms in total. The Labute approximate surface area is 138 Å². The zero-order valence-electron chi connectivity index (χ0n) is 12.9. The largest absolute Gasteiger partial charge is 0.465 e. The lowest BCUT2D eigenvalue weighted by molar-refractivity contribution is -0.128. The van der Waals surface area contributed by atoms with Crippen molar-refractivity contribution in [1.29, 1.82) is 0 Å². The minimum absolute atomic E-state index is 0.148. The molecule has 0 aliphatic carbocycles. The molecule has 1 aromatic heterocycles. The van der Waals surface area contributed by atoms with Crippen LogP contribution >= 0.6 is 0 Å². The van der Waals surface area contributed by atoms with Gasteiger partial charge in [0.05, 0.1) is 13.4 Å². The number of carbonyl (C=O) groups excluding carboxylic acids is 2. The van der Waals surface area contributed by atoms with E-state index >= 15 is 0 Å². The van der Waals surface area contributed by atoms with Crippen molar-refractivity contribution in [3.63, 3.8) is 0 Å². The van der Waals surface area contributed by atoms with E-state index in [1.807, 2.05) is 24.3 Å². The van der Waals surface area contributed by atoms with Crippen molar-refractivity contribution in [2.45, 2.75) is 0 Å². The first kappa shape index (κ1) is 15.6. The summed E-state index contributed by atoms with van der Waals surface area (Å²) in [4.78, 5) is 24.0. The summed E-state index contributed by atoms with van der Waals surface area (Å²) in [6, 6.07) is 14.2. The van der Waals surface area contributed by atoms with Crippen LogP contribution < -0.4 is 4.74 Å². The summed E-state index contributed by atoms with van der Waals surface area (Å²) in [7, 11) is 1.28. The summed E-state index contributed by atoms with van der Waals surface area (Å²) in [6.07, 6.45) is 4.22. The zero-order valence-corrected chi connectivity index (χ0v) is 12.9. The SMILES string of the molecule is COC(=O)c1cc2ccccc2cc1OC(=O)/C=C/c1ccco1. The summed E-state index contributed by atoms with van der Waals surface area (Å²) < 4.78 is 15.2. The van der Waals surface area contributed by atoms with Crippen molar-refractivity contribution in [3.05, 3.63) is 72.2 Å². The Bertz CT molecular complexity index is 907. The number of benzene rings is 2. The molecule has 0 spiro atoms. The smallest absolute Gasteiger partial charge is 0.341 e. The standard InChI is InChI=1S/C19H14O5/c1-22-19(21)16-11-13-5-2-3-6-14(13)12-17(16)24-18(20)9-8-15-7-4-10-23-15/h2-12H,1H3/b9-8+. The molecule has 0 bridgehead atoms. The molecule has 120 valence electrons. The molecule has 0 fully saturated rings. The number of hydrogen-bond acceptors (Lipinski definition) is 5. The second kappa shape index (κ2) is 6.83. The molecule has 2 aromatic carbocycles. The average Bonchev–Trinajstić information content (AvgIpc) is 3.12. The maximum Gasteiger partial charge on any atom is 0.341 e. The Balaban J connectivity index is 1.91. The second-order valence-corrected chi connectivity index (χ2v) is 4.96. The van der Waals surface area contributed by atoms with Crippen LogP contribution in [0.1, 0.15) is 16.1 Å². The molecule has 0 atom stereocenters. The summed E-state index contributed by atoms with van der Waals surface area (Å²) in [5.41, 5.74) is 0.191. The number of furan rings is 1. The molecule has 3 aromatic rings. The van der Waals surface area contributed by atoms with Crippen LogP contribution in [0.2, 0.25) is 0 Å². The maximum atomic E-state index is 12.0.